The van der Waals surface area contributed by atoms with Gasteiger partial charge in [-0.25, -0.2) is 0 Å². The van der Waals surface area contributed by atoms with E-state index in [4.69, 9.17) is 0 Å². The lowest BCUT2D eigenvalue weighted by atomic mass is 9.95. The molecule has 3 N–H and O–H groups in total. The van der Waals surface area contributed by atoms with Gasteiger partial charge in [0.25, 0.3) is 0 Å². The molecule has 2 aliphatic rings. The van der Waals surface area contributed by atoms with Crippen LogP contribution in [0.15, 0.2) is 0 Å². The van der Waals surface area contributed by atoms with Crippen LogP contribution < -0.4 is 16.0 Å². The van der Waals surface area contributed by atoms with Crippen molar-refractivity contribution >= 4 is 11.8 Å². The van der Waals surface area contributed by atoms with E-state index in [-0.39, 0.29) is 24.4 Å². The Labute approximate surface area is 127 Å². The van der Waals surface area contributed by atoms with E-state index in [1.54, 1.807) is 0 Å². The van der Waals surface area contributed by atoms with Crippen LogP contribution in [-0.4, -0.2) is 37.5 Å². The van der Waals surface area contributed by atoms with Gasteiger partial charge in [0.1, 0.15) is 0 Å². The van der Waals surface area contributed by atoms with Crippen LogP contribution in [0.2, 0.25) is 0 Å². The molecule has 5 heteroatoms. The van der Waals surface area contributed by atoms with Gasteiger partial charge in [0, 0.05) is 19.0 Å². The van der Waals surface area contributed by atoms with Crippen molar-refractivity contribution in [1.29, 1.82) is 0 Å². The van der Waals surface area contributed by atoms with Crippen LogP contribution in [-0.2, 0) is 9.59 Å². The van der Waals surface area contributed by atoms with E-state index in [2.05, 4.69) is 22.9 Å². The Balaban J connectivity index is 1.58. The summed E-state index contributed by atoms with van der Waals surface area (Å²) >= 11 is 0. The Morgan fingerprint density at radius 1 is 1.14 bits per heavy atom. The smallest absolute Gasteiger partial charge is 0.239 e. The van der Waals surface area contributed by atoms with E-state index in [0.29, 0.717) is 12.3 Å². The Morgan fingerprint density at radius 2 is 1.90 bits per heavy atom. The standard InChI is InChI=1S/C16H29N3O2/c1-12-8-9-17-10-14(12)19-16(21)11-18-15(20)7-6-13-4-2-3-5-13/h12-14,17H,2-11H2,1H3,(H,18,20)(H,19,21). The van der Waals surface area contributed by atoms with Gasteiger partial charge in [-0.2, -0.15) is 0 Å². The second-order valence-corrected chi connectivity index (χ2v) is 6.61. The molecule has 0 aromatic rings. The fourth-order valence-corrected chi connectivity index (χ4v) is 3.34. The quantitative estimate of drug-likeness (QED) is 0.689. The molecule has 0 aromatic carbocycles. The highest BCUT2D eigenvalue weighted by atomic mass is 16.2. The van der Waals surface area contributed by atoms with E-state index < -0.39 is 0 Å². The van der Waals surface area contributed by atoms with Crippen molar-refractivity contribution in [3.05, 3.63) is 0 Å². The average Bonchev–Trinajstić information content (AvgIpc) is 2.99. The minimum atomic E-state index is -0.0789. The van der Waals surface area contributed by atoms with Crippen LogP contribution in [0, 0.1) is 11.8 Å². The topological polar surface area (TPSA) is 70.2 Å². The second kappa shape index (κ2) is 8.37. The van der Waals surface area contributed by atoms with E-state index >= 15 is 0 Å². The summed E-state index contributed by atoms with van der Waals surface area (Å²) < 4.78 is 0. The first-order chi connectivity index (χ1) is 10.1. The number of carbonyl (C=O) groups is 2. The summed E-state index contributed by atoms with van der Waals surface area (Å²) in [5.41, 5.74) is 0. The van der Waals surface area contributed by atoms with E-state index in [1.807, 2.05) is 0 Å². The van der Waals surface area contributed by atoms with Gasteiger partial charge >= 0.3 is 0 Å². The number of hydrogen-bond donors (Lipinski definition) is 3. The zero-order chi connectivity index (χ0) is 15.1. The molecule has 1 heterocycles. The van der Waals surface area contributed by atoms with Gasteiger partial charge in [0.2, 0.25) is 11.8 Å². The van der Waals surface area contributed by atoms with Crippen molar-refractivity contribution in [2.45, 2.75) is 57.9 Å². The zero-order valence-corrected chi connectivity index (χ0v) is 13.1. The number of rotatable bonds is 6. The van der Waals surface area contributed by atoms with Gasteiger partial charge in [-0.05, 0) is 31.2 Å². The monoisotopic (exact) mass is 295 g/mol. The lowest BCUT2D eigenvalue weighted by molar-refractivity contribution is -0.126. The van der Waals surface area contributed by atoms with Crippen molar-refractivity contribution < 1.29 is 9.59 Å². The lowest BCUT2D eigenvalue weighted by Crippen LogP contribution is -2.52. The largest absolute Gasteiger partial charge is 0.350 e. The van der Waals surface area contributed by atoms with Crippen molar-refractivity contribution in [1.82, 2.24) is 16.0 Å². The second-order valence-electron chi connectivity index (χ2n) is 6.61. The third-order valence-corrected chi connectivity index (χ3v) is 4.87. The maximum absolute atomic E-state index is 11.9. The number of piperidine rings is 1. The zero-order valence-electron chi connectivity index (χ0n) is 13.1. The molecule has 21 heavy (non-hydrogen) atoms. The molecule has 2 fully saturated rings. The van der Waals surface area contributed by atoms with Crippen molar-refractivity contribution in [3.63, 3.8) is 0 Å². The SMILES string of the molecule is CC1CCNCC1NC(=O)CNC(=O)CCC1CCCC1. The maximum atomic E-state index is 11.9. The molecule has 1 aliphatic heterocycles. The molecule has 2 rings (SSSR count). The molecule has 5 nitrogen and oxygen atoms in total. The van der Waals surface area contributed by atoms with Crippen LogP contribution in [0.3, 0.4) is 0 Å². The summed E-state index contributed by atoms with van der Waals surface area (Å²) in [6.45, 7) is 4.10. The van der Waals surface area contributed by atoms with Gasteiger partial charge in [0.05, 0.1) is 6.54 Å². The Bertz CT molecular complexity index is 353. The molecule has 0 bridgehead atoms. The summed E-state index contributed by atoms with van der Waals surface area (Å²) in [4.78, 5) is 23.6. The van der Waals surface area contributed by atoms with Crippen LogP contribution in [0.1, 0.15) is 51.9 Å². The summed E-state index contributed by atoms with van der Waals surface area (Å²) in [6, 6.07) is 0.182. The Kier molecular flexibility index (Phi) is 6.49. The Morgan fingerprint density at radius 3 is 2.62 bits per heavy atom. The van der Waals surface area contributed by atoms with E-state index in [0.717, 1.165) is 31.8 Å². The number of nitrogens with one attached hydrogen (secondary N) is 3. The van der Waals surface area contributed by atoms with Crippen LogP contribution >= 0.6 is 0 Å². The molecule has 2 amide bonds. The van der Waals surface area contributed by atoms with Crippen molar-refractivity contribution in [3.8, 4) is 0 Å². The summed E-state index contributed by atoms with van der Waals surface area (Å²) in [7, 11) is 0. The average molecular weight is 295 g/mol. The third kappa shape index (κ3) is 5.65. The fourth-order valence-electron chi connectivity index (χ4n) is 3.34. The highest BCUT2D eigenvalue weighted by Gasteiger charge is 2.22. The molecule has 2 unspecified atom stereocenters. The normalized spacial score (nSPS) is 26.5. The predicted molar refractivity (Wildman–Crippen MR) is 82.8 cm³/mol. The molecule has 1 saturated carbocycles. The van der Waals surface area contributed by atoms with Gasteiger partial charge in [-0.15, -0.1) is 0 Å². The first-order valence-electron chi connectivity index (χ1n) is 8.42. The van der Waals surface area contributed by atoms with Gasteiger partial charge in [-0.3, -0.25) is 9.59 Å². The maximum Gasteiger partial charge on any atom is 0.239 e. The van der Waals surface area contributed by atoms with E-state index in [1.165, 1.54) is 25.7 Å². The van der Waals surface area contributed by atoms with Crippen molar-refractivity contribution in [2.24, 2.45) is 11.8 Å². The fraction of sp³-hybridized carbons (Fsp3) is 0.875. The molecule has 2 atom stereocenters. The summed E-state index contributed by atoms with van der Waals surface area (Å²) in [6.07, 6.45) is 7.75. The Hall–Kier alpha value is -1.10. The summed E-state index contributed by atoms with van der Waals surface area (Å²) in [5.74, 6) is 1.14. The number of carbonyl (C=O) groups excluding carboxylic acids is 2. The molecule has 120 valence electrons. The number of hydrogen-bond acceptors (Lipinski definition) is 3. The third-order valence-electron chi connectivity index (χ3n) is 4.87. The van der Waals surface area contributed by atoms with Crippen LogP contribution in [0.5, 0.6) is 0 Å². The number of amides is 2. The first-order valence-corrected chi connectivity index (χ1v) is 8.42. The highest BCUT2D eigenvalue weighted by molar-refractivity contribution is 5.84. The summed E-state index contributed by atoms with van der Waals surface area (Å²) in [5, 5.41) is 9.03. The minimum absolute atomic E-state index is 0.00636. The van der Waals surface area contributed by atoms with Crippen molar-refractivity contribution in [2.75, 3.05) is 19.6 Å². The minimum Gasteiger partial charge on any atom is -0.350 e. The predicted octanol–water partition coefficient (Wildman–Crippen LogP) is 1.19. The van der Waals surface area contributed by atoms with Gasteiger partial charge in [0.15, 0.2) is 0 Å². The van der Waals surface area contributed by atoms with Gasteiger partial charge < -0.3 is 16.0 Å². The molecule has 0 aromatic heterocycles. The molecule has 0 spiro atoms. The highest BCUT2D eigenvalue weighted by Crippen LogP contribution is 2.28. The first kappa shape index (κ1) is 16.3. The van der Waals surface area contributed by atoms with Crippen LogP contribution in [0.25, 0.3) is 0 Å². The molecule has 1 aliphatic carbocycles. The molecular formula is C16H29N3O2. The molecule has 0 radical (unpaired) electrons. The van der Waals surface area contributed by atoms with Gasteiger partial charge in [-0.1, -0.05) is 32.6 Å². The molecule has 1 saturated heterocycles. The molecular weight excluding hydrogens is 266 g/mol. The lowest BCUT2D eigenvalue weighted by Gasteiger charge is -2.30. The van der Waals surface area contributed by atoms with E-state index in [9.17, 15) is 9.59 Å². The van der Waals surface area contributed by atoms with Crippen LogP contribution in [0.4, 0.5) is 0 Å².